The van der Waals surface area contributed by atoms with E-state index < -0.39 is 6.09 Å². The van der Waals surface area contributed by atoms with Crippen LogP contribution in [0.15, 0.2) is 121 Å². The third-order valence-corrected chi connectivity index (χ3v) is 7.75. The highest BCUT2D eigenvalue weighted by Crippen LogP contribution is 2.51. The van der Waals surface area contributed by atoms with Crippen LogP contribution >= 0.6 is 0 Å². The van der Waals surface area contributed by atoms with Crippen LogP contribution < -0.4 is 5.32 Å². The standard InChI is InChI=1S/C37H30N2O4/c40-35-33-31(27-19-9-3-10-20-27)29(25-15-5-1-6-16-25)30(26-17-7-2-8-18-26)32(28-21-11-4-12-22-28)34(33)36(41)39(35)24-14-13-23-38-37(42)43/h1-12,15-22,38H,13-14,23-24H2,(H,42,43). The third-order valence-electron chi connectivity index (χ3n) is 7.75. The molecule has 5 aromatic carbocycles. The van der Waals surface area contributed by atoms with Gasteiger partial charge in [0.2, 0.25) is 0 Å². The molecule has 3 amide bonds. The van der Waals surface area contributed by atoms with Crippen molar-refractivity contribution >= 4 is 17.9 Å². The van der Waals surface area contributed by atoms with Crippen LogP contribution in [-0.4, -0.2) is 41.0 Å². The minimum atomic E-state index is -1.09. The van der Waals surface area contributed by atoms with E-state index in [0.29, 0.717) is 24.0 Å². The zero-order valence-electron chi connectivity index (χ0n) is 23.5. The number of fused-ring (bicyclic) bond motifs is 1. The summed E-state index contributed by atoms with van der Waals surface area (Å²) >= 11 is 0. The molecule has 0 bridgehead atoms. The van der Waals surface area contributed by atoms with E-state index in [9.17, 15) is 14.4 Å². The van der Waals surface area contributed by atoms with Gasteiger partial charge in [-0.05, 0) is 46.2 Å². The van der Waals surface area contributed by atoms with E-state index in [1.807, 2.05) is 121 Å². The molecule has 6 rings (SSSR count). The Morgan fingerprint density at radius 2 is 0.837 bits per heavy atom. The summed E-state index contributed by atoms with van der Waals surface area (Å²) < 4.78 is 0. The second-order valence-corrected chi connectivity index (χ2v) is 10.4. The maximum atomic E-state index is 14.4. The number of nitrogens with zero attached hydrogens (tertiary/aromatic N) is 1. The highest BCUT2D eigenvalue weighted by molar-refractivity contribution is 6.30. The maximum Gasteiger partial charge on any atom is 0.404 e. The molecule has 0 radical (unpaired) electrons. The van der Waals surface area contributed by atoms with Crippen molar-refractivity contribution in [2.24, 2.45) is 0 Å². The lowest BCUT2D eigenvalue weighted by Crippen LogP contribution is -2.31. The molecule has 0 atom stereocenters. The van der Waals surface area contributed by atoms with E-state index in [1.54, 1.807) is 0 Å². The number of hydrogen-bond donors (Lipinski definition) is 2. The summed E-state index contributed by atoms with van der Waals surface area (Å²) in [6.07, 6.45) is -0.117. The fourth-order valence-corrected chi connectivity index (χ4v) is 5.91. The molecule has 0 saturated heterocycles. The van der Waals surface area contributed by atoms with Gasteiger partial charge in [-0.25, -0.2) is 4.79 Å². The lowest BCUT2D eigenvalue weighted by Gasteiger charge is -2.23. The minimum Gasteiger partial charge on any atom is -0.465 e. The Hall–Kier alpha value is -5.49. The van der Waals surface area contributed by atoms with E-state index in [-0.39, 0.29) is 24.9 Å². The lowest BCUT2D eigenvalue weighted by molar-refractivity contribution is 0.0651. The highest BCUT2D eigenvalue weighted by atomic mass is 16.4. The molecule has 0 fully saturated rings. The van der Waals surface area contributed by atoms with Crippen molar-refractivity contribution < 1.29 is 19.5 Å². The molecule has 1 aliphatic heterocycles. The number of benzene rings is 5. The van der Waals surface area contributed by atoms with Gasteiger partial charge in [0.25, 0.3) is 11.8 Å². The Labute approximate surface area is 250 Å². The number of imide groups is 1. The number of carboxylic acid groups (broad SMARTS) is 1. The average molecular weight is 567 g/mol. The summed E-state index contributed by atoms with van der Waals surface area (Å²) in [5.74, 6) is -0.668. The molecular formula is C37H30N2O4. The first kappa shape index (κ1) is 27.7. The molecule has 0 aromatic heterocycles. The van der Waals surface area contributed by atoms with E-state index in [4.69, 9.17) is 5.11 Å². The topological polar surface area (TPSA) is 86.7 Å². The second-order valence-electron chi connectivity index (χ2n) is 10.4. The van der Waals surface area contributed by atoms with Crippen molar-refractivity contribution in [1.29, 1.82) is 0 Å². The molecule has 6 nitrogen and oxygen atoms in total. The van der Waals surface area contributed by atoms with Crippen LogP contribution in [0, 0.1) is 0 Å². The van der Waals surface area contributed by atoms with Crippen molar-refractivity contribution in [2.75, 3.05) is 13.1 Å². The van der Waals surface area contributed by atoms with Crippen molar-refractivity contribution in [3.8, 4) is 44.5 Å². The van der Waals surface area contributed by atoms with Crippen molar-refractivity contribution in [2.45, 2.75) is 12.8 Å². The predicted octanol–water partition coefficient (Wildman–Crippen LogP) is 8.00. The van der Waals surface area contributed by atoms with Crippen LogP contribution in [-0.2, 0) is 0 Å². The Kier molecular flexibility index (Phi) is 7.83. The predicted molar refractivity (Wildman–Crippen MR) is 169 cm³/mol. The van der Waals surface area contributed by atoms with Gasteiger partial charge < -0.3 is 10.4 Å². The third kappa shape index (κ3) is 5.31. The summed E-state index contributed by atoms with van der Waals surface area (Å²) in [4.78, 5) is 41.0. The van der Waals surface area contributed by atoms with Gasteiger partial charge in [0.05, 0.1) is 11.1 Å². The second kappa shape index (κ2) is 12.2. The van der Waals surface area contributed by atoms with Gasteiger partial charge in [-0.1, -0.05) is 121 Å². The number of carbonyl (C=O) groups excluding carboxylic acids is 2. The number of amides is 3. The average Bonchev–Trinajstić information content (AvgIpc) is 3.30. The van der Waals surface area contributed by atoms with Crippen molar-refractivity contribution in [1.82, 2.24) is 10.2 Å². The molecule has 6 heteroatoms. The summed E-state index contributed by atoms with van der Waals surface area (Å²) in [6.45, 7) is 0.441. The normalized spacial score (nSPS) is 12.3. The van der Waals surface area contributed by atoms with Gasteiger partial charge in [0.1, 0.15) is 0 Å². The van der Waals surface area contributed by atoms with Crippen molar-refractivity contribution in [3.63, 3.8) is 0 Å². The largest absolute Gasteiger partial charge is 0.465 e. The smallest absolute Gasteiger partial charge is 0.404 e. The molecule has 5 aromatic rings. The number of nitrogens with one attached hydrogen (secondary N) is 1. The number of unbranched alkanes of at least 4 members (excludes halogenated alkanes) is 1. The van der Waals surface area contributed by atoms with Gasteiger partial charge in [0.15, 0.2) is 0 Å². The Bertz CT molecular complexity index is 1670. The van der Waals surface area contributed by atoms with E-state index >= 15 is 0 Å². The molecule has 0 unspecified atom stereocenters. The van der Waals surface area contributed by atoms with Crippen LogP contribution in [0.2, 0.25) is 0 Å². The zero-order valence-corrected chi connectivity index (χ0v) is 23.5. The summed E-state index contributed by atoms with van der Waals surface area (Å²) in [7, 11) is 0. The molecule has 0 aliphatic carbocycles. The SMILES string of the molecule is O=C(O)NCCCCN1C(=O)c2c(c(-c3ccccc3)c(-c3ccccc3)c(-c3ccccc3)c2-c2ccccc2)C1=O. The van der Waals surface area contributed by atoms with Gasteiger partial charge in [-0.3, -0.25) is 14.5 Å². The summed E-state index contributed by atoms with van der Waals surface area (Å²) in [5, 5.41) is 11.3. The van der Waals surface area contributed by atoms with E-state index in [1.165, 1.54) is 4.90 Å². The minimum absolute atomic E-state index is 0.192. The van der Waals surface area contributed by atoms with Crippen LogP contribution in [0.1, 0.15) is 33.6 Å². The van der Waals surface area contributed by atoms with Gasteiger partial charge in [-0.15, -0.1) is 0 Å². The molecule has 1 heterocycles. The molecule has 1 aliphatic rings. The molecule has 212 valence electrons. The van der Waals surface area contributed by atoms with E-state index in [2.05, 4.69) is 5.32 Å². The number of hydrogen-bond acceptors (Lipinski definition) is 3. The molecule has 0 spiro atoms. The maximum absolute atomic E-state index is 14.4. The zero-order chi connectivity index (χ0) is 29.8. The van der Waals surface area contributed by atoms with Gasteiger partial charge in [0, 0.05) is 24.2 Å². The van der Waals surface area contributed by atoms with Gasteiger partial charge in [-0.2, -0.15) is 0 Å². The van der Waals surface area contributed by atoms with Crippen LogP contribution in [0.4, 0.5) is 4.79 Å². The quantitative estimate of drug-likeness (QED) is 0.140. The van der Waals surface area contributed by atoms with Gasteiger partial charge >= 0.3 is 6.09 Å². The summed E-state index contributed by atoms with van der Waals surface area (Å²) in [6, 6.07) is 39.6. The van der Waals surface area contributed by atoms with Crippen LogP contribution in [0.3, 0.4) is 0 Å². The highest BCUT2D eigenvalue weighted by Gasteiger charge is 2.42. The fraction of sp³-hybridized carbons (Fsp3) is 0.108. The molecular weight excluding hydrogens is 536 g/mol. The Balaban J connectivity index is 1.68. The lowest BCUT2D eigenvalue weighted by atomic mass is 9.78. The van der Waals surface area contributed by atoms with E-state index in [0.717, 1.165) is 44.5 Å². The number of rotatable bonds is 9. The fourth-order valence-electron chi connectivity index (χ4n) is 5.91. The van der Waals surface area contributed by atoms with Crippen molar-refractivity contribution in [3.05, 3.63) is 132 Å². The summed E-state index contributed by atoms with van der Waals surface area (Å²) in [5.41, 5.74) is 7.63. The number of carbonyl (C=O) groups is 3. The van der Waals surface area contributed by atoms with Crippen LogP contribution in [0.25, 0.3) is 44.5 Å². The molecule has 0 saturated carbocycles. The van der Waals surface area contributed by atoms with Crippen LogP contribution in [0.5, 0.6) is 0 Å². The Morgan fingerprint density at radius 1 is 0.512 bits per heavy atom. The first-order valence-electron chi connectivity index (χ1n) is 14.3. The molecule has 43 heavy (non-hydrogen) atoms. The Morgan fingerprint density at radius 3 is 1.16 bits per heavy atom. The molecule has 2 N–H and O–H groups in total. The first-order chi connectivity index (χ1) is 21.1. The first-order valence-corrected chi connectivity index (χ1v) is 14.3. The monoisotopic (exact) mass is 566 g/mol.